The van der Waals surface area contributed by atoms with E-state index in [9.17, 15) is 5.11 Å². The second-order valence-corrected chi connectivity index (χ2v) is 4.77. The van der Waals surface area contributed by atoms with Crippen LogP contribution in [0.2, 0.25) is 0 Å². The average molecular weight is 235 g/mol. The molecule has 0 heterocycles. The Labute approximate surface area is 103 Å². The largest absolute Gasteiger partial charge is 0.507 e. The van der Waals surface area contributed by atoms with Crippen LogP contribution in [0.5, 0.6) is 11.5 Å². The van der Waals surface area contributed by atoms with E-state index >= 15 is 0 Å². The van der Waals surface area contributed by atoms with Crippen molar-refractivity contribution in [2.75, 3.05) is 7.11 Å². The topological polar surface area (TPSA) is 41.5 Å². The van der Waals surface area contributed by atoms with Crippen LogP contribution in [-0.2, 0) is 6.54 Å². The fraction of sp³-hybridized carbons (Fsp3) is 0.571. The van der Waals surface area contributed by atoms with E-state index in [1.807, 2.05) is 12.1 Å². The van der Waals surface area contributed by atoms with Crippen molar-refractivity contribution in [2.45, 2.75) is 38.8 Å². The van der Waals surface area contributed by atoms with Gasteiger partial charge in [0.15, 0.2) is 0 Å². The molecule has 1 aromatic rings. The lowest BCUT2D eigenvalue weighted by molar-refractivity contribution is 0.405. The molecule has 0 radical (unpaired) electrons. The molecule has 1 aromatic carbocycles. The fourth-order valence-corrected chi connectivity index (χ4v) is 2.25. The third kappa shape index (κ3) is 3.13. The number of phenols is 1. The van der Waals surface area contributed by atoms with Gasteiger partial charge >= 0.3 is 0 Å². The number of ether oxygens (including phenoxy) is 1. The molecule has 0 saturated heterocycles. The summed E-state index contributed by atoms with van der Waals surface area (Å²) in [6, 6.07) is 6.11. The van der Waals surface area contributed by atoms with Gasteiger partial charge in [-0.15, -0.1) is 0 Å². The molecule has 0 amide bonds. The smallest absolute Gasteiger partial charge is 0.123 e. The van der Waals surface area contributed by atoms with Crippen molar-refractivity contribution in [3.8, 4) is 11.5 Å². The van der Waals surface area contributed by atoms with Crippen molar-refractivity contribution in [1.82, 2.24) is 5.32 Å². The summed E-state index contributed by atoms with van der Waals surface area (Å²) < 4.78 is 5.06. The van der Waals surface area contributed by atoms with Crippen molar-refractivity contribution in [3.05, 3.63) is 23.8 Å². The minimum absolute atomic E-state index is 0.310. The molecule has 0 aliphatic heterocycles. The zero-order valence-electron chi connectivity index (χ0n) is 10.6. The minimum Gasteiger partial charge on any atom is -0.507 e. The van der Waals surface area contributed by atoms with Crippen molar-refractivity contribution < 1.29 is 9.84 Å². The maximum atomic E-state index is 9.81. The van der Waals surface area contributed by atoms with Gasteiger partial charge in [0.05, 0.1) is 7.11 Å². The quantitative estimate of drug-likeness (QED) is 0.796. The summed E-state index contributed by atoms with van der Waals surface area (Å²) in [5, 5.41) is 13.3. The van der Waals surface area contributed by atoms with E-state index in [2.05, 4.69) is 12.2 Å². The van der Waals surface area contributed by atoms with Gasteiger partial charge in [0, 0.05) is 24.2 Å². The monoisotopic (exact) mass is 235 g/mol. The molecular formula is C14H21NO2. The van der Waals surface area contributed by atoms with Gasteiger partial charge in [-0.2, -0.15) is 0 Å². The number of nitrogens with one attached hydrogen (secondary N) is 1. The van der Waals surface area contributed by atoms with Crippen LogP contribution in [-0.4, -0.2) is 18.3 Å². The Morgan fingerprint density at radius 2 is 2.29 bits per heavy atom. The molecule has 2 unspecified atom stereocenters. The van der Waals surface area contributed by atoms with E-state index in [1.54, 1.807) is 13.2 Å². The Kier molecular flexibility index (Phi) is 3.89. The SMILES string of the molecule is CCCC1CC1NCc1ccc(OC)cc1O. The standard InChI is InChI=1S/C14H21NO2/c1-3-4-10-7-13(10)15-9-11-5-6-12(17-2)8-14(11)16/h5-6,8,10,13,15-16H,3-4,7,9H2,1-2H3. The van der Waals surface area contributed by atoms with Crippen LogP contribution in [0.1, 0.15) is 31.7 Å². The molecule has 0 spiro atoms. The second kappa shape index (κ2) is 5.41. The maximum absolute atomic E-state index is 9.81. The van der Waals surface area contributed by atoms with Crippen LogP contribution in [0.15, 0.2) is 18.2 Å². The van der Waals surface area contributed by atoms with Crippen LogP contribution in [0.4, 0.5) is 0 Å². The van der Waals surface area contributed by atoms with E-state index < -0.39 is 0 Å². The number of rotatable bonds is 6. The number of benzene rings is 1. The fourth-order valence-electron chi connectivity index (χ4n) is 2.25. The van der Waals surface area contributed by atoms with Gasteiger partial charge < -0.3 is 15.2 Å². The summed E-state index contributed by atoms with van der Waals surface area (Å²) in [6.07, 6.45) is 3.85. The molecule has 2 atom stereocenters. The molecule has 3 nitrogen and oxygen atoms in total. The Morgan fingerprint density at radius 1 is 1.47 bits per heavy atom. The van der Waals surface area contributed by atoms with Gasteiger partial charge in [-0.25, -0.2) is 0 Å². The van der Waals surface area contributed by atoms with Crippen LogP contribution in [0.25, 0.3) is 0 Å². The summed E-state index contributed by atoms with van der Waals surface area (Å²) in [7, 11) is 1.60. The highest BCUT2D eigenvalue weighted by Crippen LogP contribution is 2.35. The first-order valence-corrected chi connectivity index (χ1v) is 6.33. The predicted molar refractivity (Wildman–Crippen MR) is 68.3 cm³/mol. The second-order valence-electron chi connectivity index (χ2n) is 4.77. The van der Waals surface area contributed by atoms with Gasteiger partial charge in [0.25, 0.3) is 0 Å². The first-order valence-electron chi connectivity index (χ1n) is 6.33. The lowest BCUT2D eigenvalue weighted by Gasteiger charge is -2.08. The third-order valence-corrected chi connectivity index (χ3v) is 3.43. The molecule has 1 aliphatic rings. The number of methoxy groups -OCH3 is 1. The van der Waals surface area contributed by atoms with Crippen LogP contribution >= 0.6 is 0 Å². The van der Waals surface area contributed by atoms with Gasteiger partial charge in [-0.05, 0) is 24.8 Å². The van der Waals surface area contributed by atoms with Crippen molar-refractivity contribution in [3.63, 3.8) is 0 Å². The highest BCUT2D eigenvalue weighted by atomic mass is 16.5. The van der Waals surface area contributed by atoms with E-state index in [1.165, 1.54) is 19.3 Å². The summed E-state index contributed by atoms with van der Waals surface area (Å²) >= 11 is 0. The normalized spacial score (nSPS) is 22.5. The first kappa shape index (κ1) is 12.2. The summed E-state index contributed by atoms with van der Waals surface area (Å²) in [5.74, 6) is 1.85. The third-order valence-electron chi connectivity index (χ3n) is 3.43. The Morgan fingerprint density at radius 3 is 2.94 bits per heavy atom. The maximum Gasteiger partial charge on any atom is 0.123 e. The molecule has 3 heteroatoms. The average Bonchev–Trinajstić information content (AvgIpc) is 3.06. The van der Waals surface area contributed by atoms with Gasteiger partial charge in [-0.3, -0.25) is 0 Å². The van der Waals surface area contributed by atoms with E-state index in [0.717, 1.165) is 18.0 Å². The molecule has 0 bridgehead atoms. The lowest BCUT2D eigenvalue weighted by Crippen LogP contribution is -2.17. The number of hydrogen-bond donors (Lipinski definition) is 2. The van der Waals surface area contributed by atoms with Crippen molar-refractivity contribution in [2.24, 2.45) is 5.92 Å². The summed E-state index contributed by atoms with van der Waals surface area (Å²) in [6.45, 7) is 2.96. The zero-order valence-corrected chi connectivity index (χ0v) is 10.6. The van der Waals surface area contributed by atoms with Gasteiger partial charge in [0.2, 0.25) is 0 Å². The molecule has 1 aliphatic carbocycles. The molecule has 2 N–H and O–H groups in total. The molecule has 17 heavy (non-hydrogen) atoms. The highest BCUT2D eigenvalue weighted by Gasteiger charge is 2.35. The first-order chi connectivity index (χ1) is 8.24. The van der Waals surface area contributed by atoms with Crippen molar-refractivity contribution in [1.29, 1.82) is 0 Å². The Hall–Kier alpha value is -1.22. The van der Waals surface area contributed by atoms with Crippen molar-refractivity contribution >= 4 is 0 Å². The zero-order chi connectivity index (χ0) is 12.3. The van der Waals surface area contributed by atoms with Gasteiger partial charge in [-0.1, -0.05) is 19.4 Å². The lowest BCUT2D eigenvalue weighted by atomic mass is 10.2. The molecular weight excluding hydrogens is 214 g/mol. The molecule has 2 rings (SSSR count). The highest BCUT2D eigenvalue weighted by molar-refractivity contribution is 5.39. The molecule has 94 valence electrons. The summed E-state index contributed by atoms with van der Waals surface area (Å²) in [5.41, 5.74) is 0.938. The van der Waals surface area contributed by atoms with Crippen LogP contribution < -0.4 is 10.1 Å². The minimum atomic E-state index is 0.310. The summed E-state index contributed by atoms with van der Waals surface area (Å²) in [4.78, 5) is 0. The van der Waals surface area contributed by atoms with Crippen LogP contribution in [0, 0.1) is 5.92 Å². The van der Waals surface area contributed by atoms with E-state index in [-0.39, 0.29) is 0 Å². The van der Waals surface area contributed by atoms with Crippen LogP contribution in [0.3, 0.4) is 0 Å². The van der Waals surface area contributed by atoms with E-state index in [4.69, 9.17) is 4.74 Å². The van der Waals surface area contributed by atoms with E-state index in [0.29, 0.717) is 17.5 Å². The molecule has 1 fully saturated rings. The Balaban J connectivity index is 1.83. The number of phenolic OH excluding ortho intramolecular Hbond substituents is 1. The molecule has 1 saturated carbocycles. The Bertz CT molecular complexity index is 378. The van der Waals surface area contributed by atoms with Gasteiger partial charge in [0.1, 0.15) is 11.5 Å². The number of hydrogen-bond acceptors (Lipinski definition) is 3. The number of aromatic hydroxyl groups is 1. The molecule has 0 aromatic heterocycles. The predicted octanol–water partition coefficient (Wildman–Crippen LogP) is 2.68.